The first-order valence-corrected chi connectivity index (χ1v) is 9.75. The first-order valence-electron chi connectivity index (χ1n) is 8.56. The largest absolute Gasteiger partial charge is 0.446 e. The number of hydrogen-bond donors (Lipinski definition) is 0. The molecule has 136 valence electrons. The second-order valence-electron chi connectivity index (χ2n) is 6.15. The highest BCUT2D eigenvalue weighted by molar-refractivity contribution is 7.97. The van der Waals surface area contributed by atoms with Gasteiger partial charge in [0.2, 0.25) is 0 Å². The molecule has 1 aliphatic rings. The van der Waals surface area contributed by atoms with E-state index in [1.54, 1.807) is 18.0 Å². The van der Waals surface area contributed by atoms with Gasteiger partial charge < -0.3 is 4.74 Å². The fourth-order valence-corrected chi connectivity index (χ4v) is 3.86. The van der Waals surface area contributed by atoms with Crippen molar-refractivity contribution in [2.45, 2.75) is 6.04 Å². The lowest BCUT2D eigenvalue weighted by Gasteiger charge is -2.18. The zero-order valence-electron chi connectivity index (χ0n) is 14.7. The summed E-state index contributed by atoms with van der Waals surface area (Å²) >= 11 is 1.59. The number of aromatic nitrogens is 1. The quantitative estimate of drug-likeness (QED) is 0.627. The summed E-state index contributed by atoms with van der Waals surface area (Å²) in [4.78, 5) is 26.0. The van der Waals surface area contributed by atoms with Crippen molar-refractivity contribution < 1.29 is 14.3 Å². The van der Waals surface area contributed by atoms with E-state index in [1.165, 1.54) is 11.0 Å². The summed E-state index contributed by atoms with van der Waals surface area (Å²) in [6, 6.07) is 17.1. The van der Waals surface area contributed by atoms with Gasteiger partial charge in [-0.15, -0.1) is 0 Å². The number of cyclic esters (lactones) is 1. The molecule has 1 atom stereocenters. The smallest absolute Gasteiger partial charge is 0.417 e. The zero-order chi connectivity index (χ0) is 18.8. The molecule has 0 aliphatic carbocycles. The third-order valence-electron chi connectivity index (χ3n) is 4.61. The number of benzene rings is 2. The number of imide groups is 1. The van der Waals surface area contributed by atoms with Crippen LogP contribution in [0.25, 0.3) is 17.0 Å². The number of carbonyl (C=O) groups is 2. The van der Waals surface area contributed by atoms with E-state index >= 15 is 0 Å². The van der Waals surface area contributed by atoms with Gasteiger partial charge in [0, 0.05) is 29.5 Å². The third kappa shape index (κ3) is 3.24. The van der Waals surface area contributed by atoms with E-state index in [-0.39, 0.29) is 12.5 Å². The average Bonchev–Trinajstić information content (AvgIpc) is 3.27. The van der Waals surface area contributed by atoms with Gasteiger partial charge in [0.25, 0.3) is 5.91 Å². The number of hydrogen-bond acceptors (Lipinski definition) is 4. The third-order valence-corrected chi connectivity index (χ3v) is 5.30. The molecule has 4 rings (SSSR count). The molecule has 1 saturated heterocycles. The minimum absolute atomic E-state index is 0.175. The van der Waals surface area contributed by atoms with Crippen molar-refractivity contribution in [3.05, 3.63) is 78.0 Å². The summed E-state index contributed by atoms with van der Waals surface area (Å²) in [6.45, 7) is 0.175. The Kier molecular flexibility index (Phi) is 4.73. The van der Waals surface area contributed by atoms with E-state index in [2.05, 4.69) is 3.97 Å². The summed E-state index contributed by atoms with van der Waals surface area (Å²) in [5.41, 5.74) is 2.89. The van der Waals surface area contributed by atoms with Gasteiger partial charge in [-0.2, -0.15) is 0 Å². The summed E-state index contributed by atoms with van der Waals surface area (Å²) in [6.07, 6.45) is 6.57. The van der Waals surface area contributed by atoms with Gasteiger partial charge >= 0.3 is 6.09 Å². The lowest BCUT2D eigenvalue weighted by molar-refractivity contribution is -0.124. The highest BCUT2D eigenvalue weighted by Gasteiger charge is 2.37. The molecular formula is C21H18N2O3S. The first kappa shape index (κ1) is 17.4. The molecule has 0 spiro atoms. The molecule has 3 aromatic rings. The van der Waals surface area contributed by atoms with Crippen LogP contribution in [-0.4, -0.2) is 33.7 Å². The van der Waals surface area contributed by atoms with Gasteiger partial charge in [0.05, 0.1) is 5.52 Å². The SMILES string of the molecule is CSn1cc(/C=C/C(=O)N2C(=O)OCC2c2ccccc2)c2ccccc21. The van der Waals surface area contributed by atoms with Crippen molar-refractivity contribution in [1.29, 1.82) is 0 Å². The topological polar surface area (TPSA) is 51.5 Å². The predicted octanol–water partition coefficient (Wildman–Crippen LogP) is 4.50. The maximum atomic E-state index is 12.8. The number of ether oxygens (including phenoxy) is 1. The van der Waals surface area contributed by atoms with Gasteiger partial charge in [-0.1, -0.05) is 48.5 Å². The highest BCUT2D eigenvalue weighted by Crippen LogP contribution is 2.29. The van der Waals surface area contributed by atoms with E-state index in [4.69, 9.17) is 4.74 Å². The molecule has 2 heterocycles. The first-order chi connectivity index (χ1) is 13.2. The number of rotatable bonds is 4. The Bertz CT molecular complexity index is 1030. The molecule has 1 unspecified atom stereocenters. The highest BCUT2D eigenvalue weighted by atomic mass is 32.2. The van der Waals surface area contributed by atoms with Crippen LogP contribution in [0.1, 0.15) is 17.2 Å². The maximum absolute atomic E-state index is 12.8. The van der Waals surface area contributed by atoms with Crippen molar-refractivity contribution in [2.75, 3.05) is 12.9 Å². The van der Waals surface area contributed by atoms with Crippen LogP contribution in [0.15, 0.2) is 66.9 Å². The molecule has 0 saturated carbocycles. The van der Waals surface area contributed by atoms with E-state index in [1.807, 2.05) is 67.0 Å². The van der Waals surface area contributed by atoms with Gasteiger partial charge in [-0.3, -0.25) is 8.77 Å². The van der Waals surface area contributed by atoms with Crippen LogP contribution in [-0.2, 0) is 9.53 Å². The Morgan fingerprint density at radius 1 is 1.15 bits per heavy atom. The van der Waals surface area contributed by atoms with Gasteiger partial charge in [-0.05, 0) is 29.7 Å². The van der Waals surface area contributed by atoms with Crippen molar-refractivity contribution in [3.8, 4) is 0 Å². The van der Waals surface area contributed by atoms with Crippen LogP contribution in [0, 0.1) is 0 Å². The van der Waals surface area contributed by atoms with Crippen molar-refractivity contribution in [2.24, 2.45) is 0 Å². The zero-order valence-corrected chi connectivity index (χ0v) is 15.6. The molecule has 0 bridgehead atoms. The van der Waals surface area contributed by atoms with Crippen molar-refractivity contribution in [1.82, 2.24) is 8.87 Å². The Morgan fingerprint density at radius 2 is 1.89 bits per heavy atom. The fourth-order valence-electron chi connectivity index (χ4n) is 3.29. The van der Waals surface area contributed by atoms with E-state index < -0.39 is 12.1 Å². The molecule has 5 nitrogen and oxygen atoms in total. The normalized spacial score (nSPS) is 17.0. The second kappa shape index (κ2) is 7.32. The van der Waals surface area contributed by atoms with Crippen LogP contribution in [0.2, 0.25) is 0 Å². The Hall–Kier alpha value is -2.99. The fraction of sp³-hybridized carbons (Fsp3) is 0.143. The molecule has 1 fully saturated rings. The average molecular weight is 378 g/mol. The van der Waals surface area contributed by atoms with Crippen molar-refractivity contribution in [3.63, 3.8) is 0 Å². The minimum Gasteiger partial charge on any atom is -0.446 e. The summed E-state index contributed by atoms with van der Waals surface area (Å²) < 4.78 is 7.17. The monoisotopic (exact) mass is 378 g/mol. The minimum atomic E-state index is -0.606. The standard InChI is InChI=1S/C21H18N2O3S/c1-27-22-13-16(17-9-5-6-10-18(17)22)11-12-20(24)23-19(14-26-21(23)25)15-7-3-2-4-8-15/h2-13,19H,14H2,1H3/b12-11+. The van der Waals surface area contributed by atoms with Crippen LogP contribution < -0.4 is 0 Å². The van der Waals surface area contributed by atoms with Crippen LogP contribution in [0.5, 0.6) is 0 Å². The molecule has 1 aliphatic heterocycles. The van der Waals surface area contributed by atoms with Gasteiger partial charge in [0.15, 0.2) is 0 Å². The number of nitrogens with zero attached hydrogens (tertiary/aromatic N) is 2. The summed E-state index contributed by atoms with van der Waals surface area (Å²) in [5.74, 6) is -0.382. The van der Waals surface area contributed by atoms with Crippen LogP contribution in [0.4, 0.5) is 4.79 Å². The summed E-state index contributed by atoms with van der Waals surface area (Å²) in [5, 5.41) is 1.06. The van der Waals surface area contributed by atoms with Gasteiger partial charge in [-0.25, -0.2) is 9.69 Å². The van der Waals surface area contributed by atoms with Crippen LogP contribution >= 0.6 is 11.9 Å². The van der Waals surface area contributed by atoms with E-state index in [0.717, 1.165) is 22.0 Å². The molecule has 2 aromatic carbocycles. The molecule has 1 aromatic heterocycles. The summed E-state index contributed by atoms with van der Waals surface area (Å²) in [7, 11) is 0. The second-order valence-corrected chi connectivity index (χ2v) is 6.91. The van der Waals surface area contributed by atoms with Gasteiger partial charge in [0.1, 0.15) is 12.6 Å². The van der Waals surface area contributed by atoms with Crippen LogP contribution in [0.3, 0.4) is 0 Å². The molecular weight excluding hydrogens is 360 g/mol. The maximum Gasteiger partial charge on any atom is 0.417 e. The lowest BCUT2D eigenvalue weighted by atomic mass is 10.1. The number of fused-ring (bicyclic) bond motifs is 1. The Balaban J connectivity index is 1.62. The lowest BCUT2D eigenvalue weighted by Crippen LogP contribution is -2.32. The van der Waals surface area contributed by atoms with E-state index in [9.17, 15) is 9.59 Å². The molecule has 0 radical (unpaired) electrons. The predicted molar refractivity (Wildman–Crippen MR) is 107 cm³/mol. The Labute approximate surface area is 161 Å². The number of amides is 2. The number of para-hydroxylation sites is 1. The van der Waals surface area contributed by atoms with E-state index in [0.29, 0.717) is 0 Å². The van der Waals surface area contributed by atoms with Crippen molar-refractivity contribution >= 4 is 40.9 Å². The molecule has 6 heteroatoms. The molecule has 27 heavy (non-hydrogen) atoms. The molecule has 2 amide bonds. The number of carbonyl (C=O) groups excluding carboxylic acids is 2. The Morgan fingerprint density at radius 3 is 2.67 bits per heavy atom. The molecule has 0 N–H and O–H groups in total.